The standard InChI is InChI=1S/C16H24N2O/c1-3-12-6-5-7-14(10-12)18-16(19)15-11-13(4-2)8-9-17-15/h5-7,10,13,15,17H,3-4,8-9,11H2,1-2H3,(H,18,19). The van der Waals surface area contributed by atoms with Crippen LogP contribution in [-0.2, 0) is 11.2 Å². The number of rotatable bonds is 4. The molecule has 0 radical (unpaired) electrons. The van der Waals surface area contributed by atoms with Crippen LogP contribution in [0.15, 0.2) is 24.3 Å². The summed E-state index contributed by atoms with van der Waals surface area (Å²) in [6.45, 7) is 5.27. The van der Waals surface area contributed by atoms with Crippen molar-refractivity contribution < 1.29 is 4.79 Å². The zero-order valence-corrected chi connectivity index (χ0v) is 11.9. The Morgan fingerprint density at radius 3 is 3.00 bits per heavy atom. The third-order valence-corrected chi connectivity index (χ3v) is 4.01. The van der Waals surface area contributed by atoms with Crippen LogP contribution in [0.1, 0.15) is 38.7 Å². The minimum Gasteiger partial charge on any atom is -0.325 e. The molecule has 1 aliphatic rings. The monoisotopic (exact) mass is 260 g/mol. The average molecular weight is 260 g/mol. The zero-order chi connectivity index (χ0) is 13.7. The lowest BCUT2D eigenvalue weighted by Crippen LogP contribution is -2.46. The number of benzene rings is 1. The summed E-state index contributed by atoms with van der Waals surface area (Å²) in [6, 6.07) is 8.05. The number of nitrogens with one attached hydrogen (secondary N) is 2. The Morgan fingerprint density at radius 2 is 2.26 bits per heavy atom. The van der Waals surface area contributed by atoms with Crippen LogP contribution >= 0.6 is 0 Å². The molecule has 1 heterocycles. The van der Waals surface area contributed by atoms with Crippen molar-refractivity contribution in [1.82, 2.24) is 5.32 Å². The van der Waals surface area contributed by atoms with Gasteiger partial charge in [-0.3, -0.25) is 4.79 Å². The Kier molecular flexibility index (Phi) is 4.97. The molecule has 2 atom stereocenters. The normalized spacial score (nSPS) is 23.1. The maximum atomic E-state index is 12.3. The van der Waals surface area contributed by atoms with Crippen molar-refractivity contribution in [3.8, 4) is 0 Å². The molecule has 1 fully saturated rings. The number of carbonyl (C=O) groups excluding carboxylic acids is 1. The van der Waals surface area contributed by atoms with Crippen molar-refractivity contribution in [3.63, 3.8) is 0 Å². The van der Waals surface area contributed by atoms with E-state index < -0.39 is 0 Å². The molecule has 0 aliphatic carbocycles. The van der Waals surface area contributed by atoms with Gasteiger partial charge in [-0.1, -0.05) is 32.4 Å². The number of hydrogen-bond donors (Lipinski definition) is 2. The maximum Gasteiger partial charge on any atom is 0.241 e. The van der Waals surface area contributed by atoms with E-state index >= 15 is 0 Å². The summed E-state index contributed by atoms with van der Waals surface area (Å²) in [6.07, 6.45) is 4.29. The Morgan fingerprint density at radius 1 is 1.42 bits per heavy atom. The summed E-state index contributed by atoms with van der Waals surface area (Å²) in [7, 11) is 0. The Bertz CT molecular complexity index is 431. The first-order valence-corrected chi connectivity index (χ1v) is 7.36. The van der Waals surface area contributed by atoms with Crippen LogP contribution in [0.4, 0.5) is 5.69 Å². The quantitative estimate of drug-likeness (QED) is 0.874. The van der Waals surface area contributed by atoms with Gasteiger partial charge in [0.1, 0.15) is 0 Å². The smallest absolute Gasteiger partial charge is 0.241 e. The van der Waals surface area contributed by atoms with Gasteiger partial charge in [0, 0.05) is 5.69 Å². The van der Waals surface area contributed by atoms with E-state index in [9.17, 15) is 4.79 Å². The van der Waals surface area contributed by atoms with Crippen LogP contribution in [0.2, 0.25) is 0 Å². The molecule has 2 rings (SSSR count). The molecule has 3 nitrogen and oxygen atoms in total. The third-order valence-electron chi connectivity index (χ3n) is 4.01. The number of aryl methyl sites for hydroxylation is 1. The number of piperidine rings is 1. The van der Waals surface area contributed by atoms with Gasteiger partial charge in [-0.05, 0) is 49.4 Å². The summed E-state index contributed by atoms with van der Waals surface area (Å²) in [5.41, 5.74) is 2.16. The molecule has 0 spiro atoms. The Balaban J connectivity index is 1.96. The molecule has 1 saturated heterocycles. The Hall–Kier alpha value is -1.35. The summed E-state index contributed by atoms with van der Waals surface area (Å²) in [4.78, 5) is 12.3. The lowest BCUT2D eigenvalue weighted by atomic mass is 9.90. The van der Waals surface area contributed by atoms with E-state index in [1.165, 1.54) is 12.0 Å². The van der Waals surface area contributed by atoms with Crippen LogP contribution < -0.4 is 10.6 Å². The molecule has 19 heavy (non-hydrogen) atoms. The first kappa shape index (κ1) is 14.1. The molecule has 2 N–H and O–H groups in total. The van der Waals surface area contributed by atoms with E-state index in [-0.39, 0.29) is 11.9 Å². The minimum atomic E-state index is -0.0380. The predicted molar refractivity (Wildman–Crippen MR) is 79.3 cm³/mol. The van der Waals surface area contributed by atoms with Gasteiger partial charge < -0.3 is 10.6 Å². The largest absolute Gasteiger partial charge is 0.325 e. The van der Waals surface area contributed by atoms with Gasteiger partial charge in [0.25, 0.3) is 0 Å². The molecule has 1 aliphatic heterocycles. The molecule has 0 saturated carbocycles. The molecule has 1 aromatic rings. The lowest BCUT2D eigenvalue weighted by molar-refractivity contribution is -0.119. The molecule has 1 aromatic carbocycles. The van der Waals surface area contributed by atoms with Gasteiger partial charge in [0.2, 0.25) is 5.91 Å². The van der Waals surface area contributed by atoms with Gasteiger partial charge in [0.05, 0.1) is 6.04 Å². The second-order valence-corrected chi connectivity index (χ2v) is 5.35. The average Bonchev–Trinajstić information content (AvgIpc) is 2.47. The molecule has 104 valence electrons. The molecular weight excluding hydrogens is 236 g/mol. The fourth-order valence-electron chi connectivity index (χ4n) is 2.67. The summed E-state index contributed by atoms with van der Waals surface area (Å²) in [5, 5.41) is 6.35. The van der Waals surface area contributed by atoms with E-state index in [4.69, 9.17) is 0 Å². The SMILES string of the molecule is CCc1cccc(NC(=O)C2CC(CC)CCN2)c1. The highest BCUT2D eigenvalue weighted by molar-refractivity contribution is 5.94. The van der Waals surface area contributed by atoms with Crippen LogP contribution in [0.3, 0.4) is 0 Å². The summed E-state index contributed by atoms with van der Waals surface area (Å²) >= 11 is 0. The van der Waals surface area contributed by atoms with Gasteiger partial charge >= 0.3 is 0 Å². The maximum absolute atomic E-state index is 12.3. The number of anilines is 1. The molecule has 1 amide bonds. The van der Waals surface area contributed by atoms with E-state index in [2.05, 4.69) is 36.6 Å². The lowest BCUT2D eigenvalue weighted by Gasteiger charge is -2.28. The van der Waals surface area contributed by atoms with Gasteiger partial charge in [-0.25, -0.2) is 0 Å². The van der Waals surface area contributed by atoms with Gasteiger partial charge in [-0.15, -0.1) is 0 Å². The first-order chi connectivity index (χ1) is 9.22. The highest BCUT2D eigenvalue weighted by Crippen LogP contribution is 2.20. The van der Waals surface area contributed by atoms with Gasteiger partial charge in [-0.2, -0.15) is 0 Å². The van der Waals surface area contributed by atoms with Gasteiger partial charge in [0.15, 0.2) is 0 Å². The fraction of sp³-hybridized carbons (Fsp3) is 0.562. The topological polar surface area (TPSA) is 41.1 Å². The third kappa shape index (κ3) is 3.80. The van der Waals surface area contributed by atoms with Crippen molar-refractivity contribution in [2.45, 2.75) is 45.6 Å². The van der Waals surface area contributed by atoms with E-state index in [1.807, 2.05) is 12.1 Å². The molecule has 3 heteroatoms. The molecule has 2 unspecified atom stereocenters. The highest BCUT2D eigenvalue weighted by Gasteiger charge is 2.25. The van der Waals surface area contributed by atoms with E-state index in [1.54, 1.807) is 0 Å². The molecule has 0 aromatic heterocycles. The first-order valence-electron chi connectivity index (χ1n) is 7.36. The summed E-state index contributed by atoms with van der Waals surface area (Å²) < 4.78 is 0. The number of hydrogen-bond acceptors (Lipinski definition) is 2. The predicted octanol–water partition coefficient (Wildman–Crippen LogP) is 2.97. The van der Waals surface area contributed by atoms with Crippen molar-refractivity contribution in [1.29, 1.82) is 0 Å². The zero-order valence-electron chi connectivity index (χ0n) is 11.9. The number of carbonyl (C=O) groups is 1. The van der Waals surface area contributed by atoms with Crippen LogP contribution in [0.5, 0.6) is 0 Å². The summed E-state index contributed by atoms with van der Waals surface area (Å²) in [5.74, 6) is 0.783. The van der Waals surface area contributed by atoms with Crippen molar-refractivity contribution in [2.24, 2.45) is 5.92 Å². The van der Waals surface area contributed by atoms with Crippen LogP contribution in [-0.4, -0.2) is 18.5 Å². The minimum absolute atomic E-state index is 0.0380. The van der Waals surface area contributed by atoms with Crippen LogP contribution in [0.25, 0.3) is 0 Å². The fourth-order valence-corrected chi connectivity index (χ4v) is 2.67. The Labute approximate surface area is 115 Å². The molecule has 0 bridgehead atoms. The van der Waals surface area contributed by atoms with E-state index in [0.717, 1.165) is 31.5 Å². The highest BCUT2D eigenvalue weighted by atomic mass is 16.2. The van der Waals surface area contributed by atoms with Crippen molar-refractivity contribution in [3.05, 3.63) is 29.8 Å². The van der Waals surface area contributed by atoms with Crippen molar-refractivity contribution in [2.75, 3.05) is 11.9 Å². The van der Waals surface area contributed by atoms with Crippen molar-refractivity contribution >= 4 is 11.6 Å². The second kappa shape index (κ2) is 6.71. The number of amides is 1. The second-order valence-electron chi connectivity index (χ2n) is 5.35. The molecular formula is C16H24N2O. The van der Waals surface area contributed by atoms with E-state index in [0.29, 0.717) is 5.92 Å². The van der Waals surface area contributed by atoms with Crippen LogP contribution in [0, 0.1) is 5.92 Å².